The van der Waals surface area contributed by atoms with E-state index in [4.69, 9.17) is 9.57 Å². The van der Waals surface area contributed by atoms with Crippen molar-refractivity contribution in [2.45, 2.75) is 45.5 Å². The first-order chi connectivity index (χ1) is 12.8. The van der Waals surface area contributed by atoms with Gasteiger partial charge in [0, 0.05) is 25.4 Å². The van der Waals surface area contributed by atoms with Crippen molar-refractivity contribution >= 4 is 29.2 Å². The number of hydrogen-bond donors (Lipinski definition) is 3. The van der Waals surface area contributed by atoms with Crippen molar-refractivity contribution in [3.05, 3.63) is 23.8 Å². The van der Waals surface area contributed by atoms with Crippen molar-refractivity contribution < 1.29 is 24.6 Å². The molecule has 0 fully saturated rings. The minimum absolute atomic E-state index is 0.00783. The summed E-state index contributed by atoms with van der Waals surface area (Å²) in [7, 11) is 1.48. The molecule has 1 heterocycles. The molecule has 0 bridgehead atoms. The van der Waals surface area contributed by atoms with E-state index in [2.05, 4.69) is 15.5 Å². The maximum absolute atomic E-state index is 12.1. The topological polar surface area (TPSA) is 113 Å². The molecule has 1 aliphatic rings. The second kappa shape index (κ2) is 9.59. The van der Waals surface area contributed by atoms with Crippen LogP contribution in [0.3, 0.4) is 0 Å². The van der Waals surface area contributed by atoms with E-state index in [1.807, 2.05) is 26.1 Å². The van der Waals surface area contributed by atoms with Crippen molar-refractivity contribution in [2.24, 2.45) is 16.1 Å². The summed E-state index contributed by atoms with van der Waals surface area (Å²) in [5.74, 6) is -0.406. The number of aliphatic hydroxyl groups excluding tert-OH is 2. The second-order valence-corrected chi connectivity index (χ2v) is 6.78. The van der Waals surface area contributed by atoms with Gasteiger partial charge in [0.25, 0.3) is 5.91 Å². The number of rotatable bonds is 9. The molecule has 1 amide bonds. The molecule has 0 unspecified atom stereocenters. The number of carbonyl (C=O) groups excluding carboxylic acids is 1. The smallest absolute Gasteiger partial charge is 0.265 e. The predicted molar refractivity (Wildman–Crippen MR) is 104 cm³/mol. The number of fused-ring (bicyclic) bond motifs is 1. The zero-order valence-corrected chi connectivity index (χ0v) is 16.0. The van der Waals surface area contributed by atoms with E-state index in [0.717, 1.165) is 17.7 Å². The Hall–Kier alpha value is -2.29. The summed E-state index contributed by atoms with van der Waals surface area (Å²) in [6.07, 6.45) is -0.234. The molecule has 148 valence electrons. The number of nitrogens with one attached hydrogen (secondary N) is 1. The van der Waals surface area contributed by atoms with Crippen LogP contribution >= 0.6 is 0 Å². The Morgan fingerprint density at radius 2 is 2.07 bits per heavy atom. The fourth-order valence-corrected chi connectivity index (χ4v) is 2.80. The van der Waals surface area contributed by atoms with E-state index in [1.54, 1.807) is 12.1 Å². The van der Waals surface area contributed by atoms with E-state index in [-0.39, 0.29) is 18.2 Å². The van der Waals surface area contributed by atoms with E-state index < -0.39 is 24.2 Å². The summed E-state index contributed by atoms with van der Waals surface area (Å²) in [5.41, 5.74) is 2.72. The maximum Gasteiger partial charge on any atom is 0.265 e. The Kier molecular flexibility index (Phi) is 7.46. The molecule has 0 spiro atoms. The van der Waals surface area contributed by atoms with Gasteiger partial charge < -0.3 is 25.1 Å². The largest absolute Gasteiger partial charge is 0.390 e. The quantitative estimate of drug-likeness (QED) is 0.448. The van der Waals surface area contributed by atoms with Crippen LogP contribution in [-0.2, 0) is 20.8 Å². The summed E-state index contributed by atoms with van der Waals surface area (Å²) >= 11 is 0. The van der Waals surface area contributed by atoms with Gasteiger partial charge in [-0.05, 0) is 30.5 Å². The fourth-order valence-electron chi connectivity index (χ4n) is 2.80. The fraction of sp³-hybridized carbons (Fsp3) is 0.526. The van der Waals surface area contributed by atoms with Gasteiger partial charge in [0.05, 0.1) is 11.8 Å². The molecular weight excluding hydrogens is 350 g/mol. The van der Waals surface area contributed by atoms with Crippen molar-refractivity contribution in [3.63, 3.8) is 0 Å². The van der Waals surface area contributed by atoms with Gasteiger partial charge in [-0.3, -0.25) is 9.79 Å². The Morgan fingerprint density at radius 1 is 1.33 bits per heavy atom. The molecule has 8 nitrogen and oxygen atoms in total. The molecule has 3 atom stereocenters. The molecule has 1 aromatic carbocycles. The summed E-state index contributed by atoms with van der Waals surface area (Å²) in [5, 5.41) is 26.4. The number of aliphatic hydroxyl groups is 2. The molecule has 27 heavy (non-hydrogen) atoms. The zero-order valence-electron chi connectivity index (χ0n) is 16.0. The molecule has 0 saturated heterocycles. The van der Waals surface area contributed by atoms with Crippen LogP contribution in [0.1, 0.15) is 26.3 Å². The first kappa shape index (κ1) is 21.0. The van der Waals surface area contributed by atoms with Gasteiger partial charge in [-0.2, -0.15) is 0 Å². The average molecular weight is 377 g/mol. The van der Waals surface area contributed by atoms with Crippen molar-refractivity contribution in [1.82, 2.24) is 0 Å². The number of methoxy groups -OCH3 is 1. The molecule has 0 aromatic heterocycles. The Balaban J connectivity index is 1.99. The number of hydrogen-bond acceptors (Lipinski definition) is 7. The number of benzene rings is 1. The Morgan fingerprint density at radius 3 is 2.70 bits per heavy atom. The molecule has 8 heteroatoms. The monoisotopic (exact) mass is 377 g/mol. The lowest BCUT2D eigenvalue weighted by atomic mass is 9.96. The van der Waals surface area contributed by atoms with E-state index in [1.165, 1.54) is 14.0 Å². The molecule has 2 rings (SSSR count). The van der Waals surface area contributed by atoms with Crippen LogP contribution < -0.4 is 5.32 Å². The third-order valence-corrected chi connectivity index (χ3v) is 4.19. The van der Waals surface area contributed by atoms with E-state index in [0.29, 0.717) is 5.69 Å². The summed E-state index contributed by atoms with van der Waals surface area (Å²) in [6.45, 7) is 4.88. The van der Waals surface area contributed by atoms with Gasteiger partial charge in [-0.25, -0.2) is 0 Å². The molecule has 1 aromatic rings. The van der Waals surface area contributed by atoms with Gasteiger partial charge in [-0.1, -0.05) is 25.1 Å². The number of amides is 1. The Labute approximate surface area is 158 Å². The van der Waals surface area contributed by atoms with Gasteiger partial charge >= 0.3 is 0 Å². The lowest BCUT2D eigenvalue weighted by Crippen LogP contribution is -2.42. The van der Waals surface area contributed by atoms with Crippen LogP contribution in [0.15, 0.2) is 28.3 Å². The maximum atomic E-state index is 12.1. The highest BCUT2D eigenvalue weighted by molar-refractivity contribution is 5.94. The van der Waals surface area contributed by atoms with Crippen LogP contribution in [0, 0.1) is 5.92 Å². The first-order valence-electron chi connectivity index (χ1n) is 8.87. The predicted octanol–water partition coefficient (Wildman–Crippen LogP) is 1.67. The lowest BCUT2D eigenvalue weighted by Gasteiger charge is -2.25. The second-order valence-electron chi connectivity index (χ2n) is 6.78. The summed E-state index contributed by atoms with van der Waals surface area (Å²) in [6, 6.07) is 5.51. The third kappa shape index (κ3) is 5.59. The summed E-state index contributed by atoms with van der Waals surface area (Å²) in [4.78, 5) is 21.4. The van der Waals surface area contributed by atoms with E-state index in [9.17, 15) is 15.0 Å². The first-order valence-corrected chi connectivity index (χ1v) is 8.87. The van der Waals surface area contributed by atoms with Crippen LogP contribution in [-0.4, -0.2) is 60.1 Å². The molecule has 0 aliphatic carbocycles. The minimum Gasteiger partial charge on any atom is -0.390 e. The number of carbonyl (C=O) groups is 1. The normalized spacial score (nSPS) is 16.8. The Bertz CT molecular complexity index is 715. The highest BCUT2D eigenvalue weighted by atomic mass is 16.6. The summed E-state index contributed by atoms with van der Waals surface area (Å²) < 4.78 is 5.35. The van der Waals surface area contributed by atoms with Crippen LogP contribution in [0.5, 0.6) is 0 Å². The molecular formula is C19H27N3O5. The third-order valence-electron chi connectivity index (χ3n) is 4.19. The van der Waals surface area contributed by atoms with Gasteiger partial charge in [0.15, 0.2) is 6.61 Å². The molecule has 3 N–H and O–H groups in total. The highest BCUT2D eigenvalue weighted by Gasteiger charge is 2.29. The van der Waals surface area contributed by atoms with Gasteiger partial charge in [0.1, 0.15) is 17.9 Å². The highest BCUT2D eigenvalue weighted by Crippen LogP contribution is 2.27. The van der Waals surface area contributed by atoms with Crippen molar-refractivity contribution in [3.8, 4) is 0 Å². The number of nitrogens with zero attached hydrogens (tertiary/aromatic N) is 2. The molecule has 0 saturated carbocycles. The van der Waals surface area contributed by atoms with Gasteiger partial charge in [0.2, 0.25) is 0 Å². The van der Waals surface area contributed by atoms with Crippen molar-refractivity contribution in [1.29, 1.82) is 0 Å². The standard InChI is InChI=1S/C19H27N3O5/c1-11(2)19(26-4)17(18(25)12(3)23)22-27-10-16(24)21-14-6-5-13-7-8-20-15(13)9-14/h5-6,8-9,11-12,18-19,23,25H,7,10H2,1-4H3,(H,21,24)/b22-17+/t12-,18+,19+/m1/s1. The number of aliphatic imine (C=N–C) groups is 1. The number of oxime groups is 1. The van der Waals surface area contributed by atoms with Crippen LogP contribution in [0.4, 0.5) is 11.4 Å². The average Bonchev–Trinajstić information content (AvgIpc) is 3.07. The van der Waals surface area contributed by atoms with Gasteiger partial charge in [-0.15, -0.1) is 0 Å². The van der Waals surface area contributed by atoms with Crippen LogP contribution in [0.2, 0.25) is 0 Å². The van der Waals surface area contributed by atoms with Crippen molar-refractivity contribution in [2.75, 3.05) is 19.0 Å². The number of anilines is 1. The lowest BCUT2D eigenvalue weighted by molar-refractivity contribution is -0.120. The number of ether oxygens (including phenoxy) is 1. The van der Waals surface area contributed by atoms with E-state index >= 15 is 0 Å². The molecule has 1 aliphatic heterocycles. The van der Waals surface area contributed by atoms with Crippen LogP contribution in [0.25, 0.3) is 0 Å². The molecule has 0 radical (unpaired) electrons. The minimum atomic E-state index is -1.25. The zero-order chi connectivity index (χ0) is 20.0. The SMILES string of the molecule is CO[C@H](/C(=N/OCC(=O)Nc1ccc2c(c1)N=CC2)[C@@H](O)[C@@H](C)O)C(C)C.